The number of halogens is 1. The number of amides is 2. The van der Waals surface area contributed by atoms with E-state index in [1.165, 1.54) is 29.2 Å². The van der Waals surface area contributed by atoms with Gasteiger partial charge in [0.15, 0.2) is 0 Å². The minimum Gasteiger partial charge on any atom is -0.364 e. The monoisotopic (exact) mass is 407 g/mol. The molecule has 0 aromatic heterocycles. The first kappa shape index (κ1) is 20.3. The van der Waals surface area contributed by atoms with Crippen molar-refractivity contribution in [3.8, 4) is 0 Å². The summed E-state index contributed by atoms with van der Waals surface area (Å²) in [5.41, 5.74) is 4.10. The summed E-state index contributed by atoms with van der Waals surface area (Å²) in [6, 6.07) is 11.4. The zero-order valence-electron chi connectivity index (χ0n) is 17.6. The van der Waals surface area contributed by atoms with E-state index in [4.69, 9.17) is 0 Å². The fourth-order valence-corrected chi connectivity index (χ4v) is 4.26. The van der Waals surface area contributed by atoms with Crippen LogP contribution in [0.25, 0.3) is 5.57 Å². The molecule has 0 unspecified atom stereocenters. The molecule has 0 spiro atoms. The average Bonchev–Trinajstić information content (AvgIpc) is 2.99. The van der Waals surface area contributed by atoms with Crippen LogP contribution in [0.3, 0.4) is 0 Å². The highest BCUT2D eigenvalue weighted by atomic mass is 19.1. The van der Waals surface area contributed by atoms with Crippen LogP contribution >= 0.6 is 0 Å². The van der Waals surface area contributed by atoms with E-state index in [9.17, 15) is 14.0 Å². The first-order valence-corrected chi connectivity index (χ1v) is 10.3. The van der Waals surface area contributed by atoms with E-state index in [0.717, 1.165) is 36.3 Å². The third-order valence-electron chi connectivity index (χ3n) is 5.93. The number of likely N-dealkylation sites (N-methyl/N-ethyl adjacent to an activating group) is 1. The minimum atomic E-state index is -0.406. The maximum Gasteiger partial charge on any atom is 0.282 e. The molecule has 30 heavy (non-hydrogen) atoms. The SMILES string of the molecule is CCN1CCN(C2=C(c3ccc(C)cc3C)C(=O)N(c3ccc(F)cc3)C2=O)CC1. The highest BCUT2D eigenvalue weighted by Crippen LogP contribution is 2.36. The smallest absolute Gasteiger partial charge is 0.282 e. The van der Waals surface area contributed by atoms with Gasteiger partial charge in [-0.1, -0.05) is 30.7 Å². The van der Waals surface area contributed by atoms with Gasteiger partial charge in [0.1, 0.15) is 11.5 Å². The van der Waals surface area contributed by atoms with Crippen LogP contribution in [-0.2, 0) is 9.59 Å². The standard InChI is InChI=1S/C24H26FN3O2/c1-4-26-11-13-27(14-12-26)22-21(20-10-5-16(2)15-17(20)3)23(29)28(24(22)30)19-8-6-18(25)7-9-19/h5-10,15H,4,11-14H2,1-3H3. The number of piperazine rings is 1. The summed E-state index contributed by atoms with van der Waals surface area (Å²) >= 11 is 0. The fourth-order valence-electron chi connectivity index (χ4n) is 4.26. The lowest BCUT2D eigenvalue weighted by atomic mass is 9.97. The first-order chi connectivity index (χ1) is 14.4. The number of hydrogen-bond acceptors (Lipinski definition) is 4. The summed E-state index contributed by atoms with van der Waals surface area (Å²) < 4.78 is 13.4. The Bertz CT molecular complexity index is 1020. The molecule has 0 N–H and O–H groups in total. The Kier molecular flexibility index (Phi) is 5.43. The van der Waals surface area contributed by atoms with Gasteiger partial charge >= 0.3 is 0 Å². The average molecular weight is 407 g/mol. The number of aryl methyl sites for hydroxylation is 2. The molecule has 156 valence electrons. The minimum absolute atomic E-state index is 0.341. The second-order valence-corrected chi connectivity index (χ2v) is 7.89. The van der Waals surface area contributed by atoms with Crippen molar-refractivity contribution in [3.05, 3.63) is 70.7 Å². The van der Waals surface area contributed by atoms with Crippen molar-refractivity contribution < 1.29 is 14.0 Å². The highest BCUT2D eigenvalue weighted by molar-refractivity contribution is 6.45. The van der Waals surface area contributed by atoms with Crippen LogP contribution < -0.4 is 4.90 Å². The van der Waals surface area contributed by atoms with Crippen molar-refractivity contribution in [1.29, 1.82) is 0 Å². The van der Waals surface area contributed by atoms with Crippen molar-refractivity contribution in [1.82, 2.24) is 9.80 Å². The Morgan fingerprint density at radius 3 is 2.17 bits per heavy atom. The van der Waals surface area contributed by atoms with Crippen LogP contribution in [0, 0.1) is 19.7 Å². The molecule has 4 rings (SSSR count). The summed E-state index contributed by atoms with van der Waals surface area (Å²) in [6.45, 7) is 10.1. The molecule has 1 saturated heterocycles. The van der Waals surface area contributed by atoms with Gasteiger partial charge in [0.05, 0.1) is 11.3 Å². The number of benzene rings is 2. The molecule has 0 bridgehead atoms. The predicted octanol–water partition coefficient (Wildman–Crippen LogP) is 3.36. The number of anilines is 1. The van der Waals surface area contributed by atoms with Crippen LogP contribution in [0.2, 0.25) is 0 Å². The largest absolute Gasteiger partial charge is 0.364 e. The number of rotatable bonds is 4. The molecule has 6 heteroatoms. The van der Waals surface area contributed by atoms with Gasteiger partial charge in [0.25, 0.3) is 11.8 Å². The van der Waals surface area contributed by atoms with Crippen LogP contribution in [0.1, 0.15) is 23.6 Å². The van der Waals surface area contributed by atoms with Gasteiger partial charge in [-0.15, -0.1) is 0 Å². The van der Waals surface area contributed by atoms with Gasteiger partial charge < -0.3 is 9.80 Å². The van der Waals surface area contributed by atoms with Crippen molar-refractivity contribution in [3.63, 3.8) is 0 Å². The quantitative estimate of drug-likeness (QED) is 0.729. The summed E-state index contributed by atoms with van der Waals surface area (Å²) in [5, 5.41) is 0. The zero-order chi connectivity index (χ0) is 21.4. The van der Waals surface area contributed by atoms with Crippen molar-refractivity contribution in [2.24, 2.45) is 0 Å². The molecule has 0 aliphatic carbocycles. The van der Waals surface area contributed by atoms with Crippen LogP contribution in [0.15, 0.2) is 48.2 Å². The molecular weight excluding hydrogens is 381 g/mol. The van der Waals surface area contributed by atoms with E-state index in [-0.39, 0.29) is 11.8 Å². The maximum absolute atomic E-state index is 13.5. The van der Waals surface area contributed by atoms with E-state index in [2.05, 4.69) is 11.8 Å². The molecule has 0 saturated carbocycles. The number of nitrogens with zero attached hydrogens (tertiary/aromatic N) is 3. The Hall–Kier alpha value is -2.99. The van der Waals surface area contributed by atoms with E-state index in [1.807, 2.05) is 36.9 Å². The molecule has 0 radical (unpaired) electrons. The van der Waals surface area contributed by atoms with Gasteiger partial charge in [0.2, 0.25) is 0 Å². The Morgan fingerprint density at radius 1 is 0.900 bits per heavy atom. The van der Waals surface area contributed by atoms with Crippen LogP contribution in [0.5, 0.6) is 0 Å². The molecule has 2 aromatic carbocycles. The number of imide groups is 1. The molecular formula is C24H26FN3O2. The van der Waals surface area contributed by atoms with Crippen molar-refractivity contribution >= 4 is 23.1 Å². The fraction of sp³-hybridized carbons (Fsp3) is 0.333. The van der Waals surface area contributed by atoms with Crippen LogP contribution in [0.4, 0.5) is 10.1 Å². The Labute approximate surface area is 176 Å². The Morgan fingerprint density at radius 2 is 1.57 bits per heavy atom. The molecule has 2 aromatic rings. The van der Waals surface area contributed by atoms with Gasteiger partial charge in [-0.25, -0.2) is 9.29 Å². The molecule has 0 atom stereocenters. The molecule has 2 aliphatic heterocycles. The van der Waals surface area contributed by atoms with Crippen LogP contribution in [-0.4, -0.2) is 54.3 Å². The van der Waals surface area contributed by atoms with E-state index in [0.29, 0.717) is 30.0 Å². The van der Waals surface area contributed by atoms with Gasteiger partial charge in [0, 0.05) is 26.2 Å². The lowest BCUT2D eigenvalue weighted by Crippen LogP contribution is -2.47. The normalized spacial score (nSPS) is 18.0. The van der Waals surface area contributed by atoms with Gasteiger partial charge in [-0.2, -0.15) is 0 Å². The van der Waals surface area contributed by atoms with Crippen molar-refractivity contribution in [2.45, 2.75) is 20.8 Å². The number of carbonyl (C=O) groups is 2. The summed E-state index contributed by atoms with van der Waals surface area (Å²) in [4.78, 5) is 32.6. The second-order valence-electron chi connectivity index (χ2n) is 7.89. The molecule has 5 nitrogen and oxygen atoms in total. The molecule has 1 fully saturated rings. The molecule has 2 aliphatic rings. The Balaban J connectivity index is 1.81. The summed E-state index contributed by atoms with van der Waals surface area (Å²) in [7, 11) is 0. The van der Waals surface area contributed by atoms with E-state index >= 15 is 0 Å². The van der Waals surface area contributed by atoms with Gasteiger partial charge in [-0.3, -0.25) is 9.59 Å². The highest BCUT2D eigenvalue weighted by Gasteiger charge is 2.43. The van der Waals surface area contributed by atoms with E-state index in [1.54, 1.807) is 0 Å². The second kappa shape index (κ2) is 8.03. The summed E-state index contributed by atoms with van der Waals surface area (Å²) in [5.74, 6) is -1.10. The number of hydrogen-bond donors (Lipinski definition) is 0. The number of carbonyl (C=O) groups excluding carboxylic acids is 2. The zero-order valence-corrected chi connectivity index (χ0v) is 17.6. The van der Waals surface area contributed by atoms with Crippen molar-refractivity contribution in [2.75, 3.05) is 37.6 Å². The van der Waals surface area contributed by atoms with E-state index < -0.39 is 5.82 Å². The summed E-state index contributed by atoms with van der Waals surface area (Å²) in [6.07, 6.45) is 0. The third-order valence-corrected chi connectivity index (χ3v) is 5.93. The van der Waals surface area contributed by atoms with Gasteiger partial charge in [-0.05, 0) is 55.8 Å². The maximum atomic E-state index is 13.5. The topological polar surface area (TPSA) is 43.9 Å². The first-order valence-electron chi connectivity index (χ1n) is 10.3. The molecule has 2 amide bonds. The lowest BCUT2D eigenvalue weighted by Gasteiger charge is -2.36. The predicted molar refractivity (Wildman–Crippen MR) is 115 cm³/mol. The third kappa shape index (κ3) is 3.52. The lowest BCUT2D eigenvalue weighted by molar-refractivity contribution is -0.120. The molecule has 2 heterocycles.